The zero-order chi connectivity index (χ0) is 11.9. The number of Topliss-reactive ketones (excluding diaryl/α,β-unsaturated/α-hetero) is 1. The fourth-order valence-corrected chi connectivity index (χ4v) is 2.14. The molecule has 1 aliphatic rings. The Morgan fingerprint density at radius 2 is 2.33 bits per heavy atom. The molecule has 0 aromatic carbocycles. The maximum Gasteiger partial charge on any atom is 0.204 e. The van der Waals surface area contributed by atoms with Gasteiger partial charge in [0.1, 0.15) is 6.61 Å². The van der Waals surface area contributed by atoms with Crippen LogP contribution in [0.1, 0.15) is 36.2 Å². The lowest BCUT2D eigenvalue weighted by Crippen LogP contribution is -2.34. The highest BCUT2D eigenvalue weighted by Gasteiger charge is 2.12. The van der Waals surface area contributed by atoms with Crippen LogP contribution in [0.2, 0.25) is 0 Å². The van der Waals surface area contributed by atoms with Gasteiger partial charge in [0.25, 0.3) is 0 Å². The van der Waals surface area contributed by atoms with Gasteiger partial charge in [-0.2, -0.15) is 0 Å². The maximum atomic E-state index is 11.6. The third kappa shape index (κ3) is 4.80. The van der Waals surface area contributed by atoms with E-state index < -0.39 is 0 Å². The molecule has 2 heterocycles. The molecular formula is C13H21ClN2O2. The second-order valence-electron chi connectivity index (χ2n) is 4.50. The van der Waals surface area contributed by atoms with E-state index in [1.165, 1.54) is 19.3 Å². The summed E-state index contributed by atoms with van der Waals surface area (Å²) < 4.78 is 5.41. The number of halogens is 1. The summed E-state index contributed by atoms with van der Waals surface area (Å²) in [6.45, 7) is 1.95. The Hall–Kier alpha value is -0.840. The number of nitrogens with one attached hydrogen (secondary N) is 2. The summed E-state index contributed by atoms with van der Waals surface area (Å²) in [5, 5.41) is 3.46. The van der Waals surface area contributed by atoms with Gasteiger partial charge in [0.2, 0.25) is 5.78 Å². The normalized spacial score (nSPS) is 19.2. The predicted molar refractivity (Wildman–Crippen MR) is 73.4 cm³/mol. The third-order valence-electron chi connectivity index (χ3n) is 3.15. The van der Waals surface area contributed by atoms with Crippen LogP contribution in [0.25, 0.3) is 0 Å². The molecule has 18 heavy (non-hydrogen) atoms. The predicted octanol–water partition coefficient (Wildman–Crippen LogP) is 2.17. The van der Waals surface area contributed by atoms with Gasteiger partial charge in [0.05, 0.1) is 5.69 Å². The standard InChI is InChI=1S/C13H20N2O2.ClH/c16-13(12-5-3-8-15-12)10-17-9-6-11-4-1-2-7-14-11;/h3,5,8,11,14-15H,1-2,4,6-7,9-10H2;1H. The van der Waals surface area contributed by atoms with Gasteiger partial charge in [0, 0.05) is 18.8 Å². The highest BCUT2D eigenvalue weighted by molar-refractivity contribution is 5.95. The molecule has 1 aliphatic heterocycles. The van der Waals surface area contributed by atoms with Crippen molar-refractivity contribution in [3.8, 4) is 0 Å². The minimum Gasteiger partial charge on any atom is -0.373 e. The second-order valence-corrected chi connectivity index (χ2v) is 4.50. The van der Waals surface area contributed by atoms with E-state index in [2.05, 4.69) is 10.3 Å². The number of ketones is 1. The monoisotopic (exact) mass is 272 g/mol. The smallest absolute Gasteiger partial charge is 0.204 e. The Morgan fingerprint density at radius 3 is 3.00 bits per heavy atom. The van der Waals surface area contributed by atoms with Crippen LogP contribution in [-0.4, -0.2) is 36.6 Å². The molecule has 1 fully saturated rings. The van der Waals surface area contributed by atoms with Gasteiger partial charge in [-0.25, -0.2) is 0 Å². The van der Waals surface area contributed by atoms with Crippen molar-refractivity contribution in [1.29, 1.82) is 0 Å². The Morgan fingerprint density at radius 1 is 1.44 bits per heavy atom. The van der Waals surface area contributed by atoms with Crippen molar-refractivity contribution in [3.63, 3.8) is 0 Å². The van der Waals surface area contributed by atoms with Gasteiger partial charge in [-0.15, -0.1) is 12.4 Å². The molecule has 2 N–H and O–H groups in total. The molecule has 0 saturated carbocycles. The number of ether oxygens (including phenoxy) is 1. The van der Waals surface area contributed by atoms with Crippen molar-refractivity contribution in [3.05, 3.63) is 24.0 Å². The summed E-state index contributed by atoms with van der Waals surface area (Å²) in [5.74, 6) is 0.0200. The number of carbonyl (C=O) groups excluding carboxylic acids is 1. The van der Waals surface area contributed by atoms with E-state index in [1.807, 2.05) is 6.07 Å². The maximum absolute atomic E-state index is 11.6. The number of H-pyrrole nitrogens is 1. The Balaban J connectivity index is 0.00000162. The number of piperidine rings is 1. The number of aromatic amines is 1. The average Bonchev–Trinajstić information content (AvgIpc) is 2.89. The molecule has 0 spiro atoms. The summed E-state index contributed by atoms with van der Waals surface area (Å²) in [5.41, 5.74) is 0.626. The quantitative estimate of drug-likeness (QED) is 0.616. The van der Waals surface area contributed by atoms with Crippen LogP contribution < -0.4 is 5.32 Å². The summed E-state index contributed by atoms with van der Waals surface area (Å²) >= 11 is 0. The number of hydrogen-bond acceptors (Lipinski definition) is 3. The Bertz CT molecular complexity index is 335. The lowest BCUT2D eigenvalue weighted by atomic mass is 10.0. The topological polar surface area (TPSA) is 54.1 Å². The van der Waals surface area contributed by atoms with E-state index in [1.54, 1.807) is 12.3 Å². The molecule has 0 radical (unpaired) electrons. The highest BCUT2D eigenvalue weighted by atomic mass is 35.5. The van der Waals surface area contributed by atoms with Gasteiger partial charge in [-0.05, 0) is 37.9 Å². The van der Waals surface area contributed by atoms with Crippen LogP contribution in [0.15, 0.2) is 18.3 Å². The lowest BCUT2D eigenvalue weighted by molar-refractivity contribution is 0.0732. The van der Waals surface area contributed by atoms with Crippen LogP contribution in [0.4, 0.5) is 0 Å². The molecule has 1 unspecified atom stereocenters. The van der Waals surface area contributed by atoms with Gasteiger partial charge in [-0.3, -0.25) is 4.79 Å². The first-order valence-corrected chi connectivity index (χ1v) is 6.34. The van der Waals surface area contributed by atoms with Crippen molar-refractivity contribution in [1.82, 2.24) is 10.3 Å². The zero-order valence-corrected chi connectivity index (χ0v) is 11.3. The van der Waals surface area contributed by atoms with Crippen molar-refractivity contribution >= 4 is 18.2 Å². The summed E-state index contributed by atoms with van der Waals surface area (Å²) in [6, 6.07) is 4.16. The molecule has 1 atom stereocenters. The fourth-order valence-electron chi connectivity index (χ4n) is 2.14. The fraction of sp³-hybridized carbons (Fsp3) is 0.615. The molecule has 0 aliphatic carbocycles. The largest absolute Gasteiger partial charge is 0.373 e. The van der Waals surface area contributed by atoms with Gasteiger partial charge in [0.15, 0.2) is 0 Å². The van der Waals surface area contributed by atoms with Crippen molar-refractivity contribution in [2.75, 3.05) is 19.8 Å². The molecule has 2 rings (SSSR count). The third-order valence-corrected chi connectivity index (χ3v) is 3.15. The summed E-state index contributed by atoms with van der Waals surface area (Å²) in [4.78, 5) is 14.5. The van der Waals surface area contributed by atoms with Crippen molar-refractivity contribution in [2.24, 2.45) is 0 Å². The second kappa shape index (κ2) is 8.29. The number of aromatic nitrogens is 1. The van der Waals surface area contributed by atoms with Crippen LogP contribution in [0, 0.1) is 0 Å². The average molecular weight is 273 g/mol. The van der Waals surface area contributed by atoms with E-state index in [-0.39, 0.29) is 24.8 Å². The number of rotatable bonds is 6. The number of hydrogen-bond donors (Lipinski definition) is 2. The number of carbonyl (C=O) groups is 1. The van der Waals surface area contributed by atoms with Crippen molar-refractivity contribution in [2.45, 2.75) is 31.7 Å². The molecule has 1 saturated heterocycles. The Labute approximate surface area is 114 Å². The minimum absolute atomic E-state index is 0. The van der Waals surface area contributed by atoms with Crippen LogP contribution >= 0.6 is 12.4 Å². The van der Waals surface area contributed by atoms with E-state index >= 15 is 0 Å². The molecule has 102 valence electrons. The molecule has 5 heteroatoms. The lowest BCUT2D eigenvalue weighted by Gasteiger charge is -2.23. The molecular weight excluding hydrogens is 252 g/mol. The Kier molecular flexibility index (Phi) is 7.01. The van der Waals surface area contributed by atoms with Gasteiger partial charge < -0.3 is 15.0 Å². The first kappa shape index (κ1) is 15.2. The molecule has 0 amide bonds. The summed E-state index contributed by atoms with van der Waals surface area (Å²) in [7, 11) is 0. The summed E-state index contributed by atoms with van der Waals surface area (Å²) in [6.07, 6.45) is 6.56. The minimum atomic E-state index is 0. The first-order valence-electron chi connectivity index (χ1n) is 6.34. The van der Waals surface area contributed by atoms with E-state index in [9.17, 15) is 4.79 Å². The first-order chi connectivity index (χ1) is 8.36. The van der Waals surface area contributed by atoms with Crippen molar-refractivity contribution < 1.29 is 9.53 Å². The molecule has 1 aromatic rings. The van der Waals surface area contributed by atoms with E-state index in [4.69, 9.17) is 4.74 Å². The highest BCUT2D eigenvalue weighted by Crippen LogP contribution is 2.09. The SMILES string of the molecule is Cl.O=C(COCCC1CCCCN1)c1ccc[nH]1. The molecule has 1 aromatic heterocycles. The van der Waals surface area contributed by atoms with Crippen LogP contribution in [0.3, 0.4) is 0 Å². The van der Waals surface area contributed by atoms with Crippen LogP contribution in [-0.2, 0) is 4.74 Å². The molecule has 0 bridgehead atoms. The van der Waals surface area contributed by atoms with Gasteiger partial charge >= 0.3 is 0 Å². The van der Waals surface area contributed by atoms with E-state index in [0.29, 0.717) is 18.3 Å². The van der Waals surface area contributed by atoms with Crippen LogP contribution in [0.5, 0.6) is 0 Å². The molecule has 4 nitrogen and oxygen atoms in total. The van der Waals surface area contributed by atoms with E-state index in [0.717, 1.165) is 13.0 Å². The zero-order valence-electron chi connectivity index (χ0n) is 10.5. The van der Waals surface area contributed by atoms with Gasteiger partial charge in [-0.1, -0.05) is 6.42 Å².